The first-order valence-electron chi connectivity index (χ1n) is 6.35. The maximum Gasteiger partial charge on any atom is 0.231 e. The lowest BCUT2D eigenvalue weighted by molar-refractivity contribution is -0.122. The van der Waals surface area contributed by atoms with Gasteiger partial charge >= 0.3 is 0 Å². The third kappa shape index (κ3) is 2.64. The van der Waals surface area contributed by atoms with E-state index in [2.05, 4.69) is 5.32 Å². The van der Waals surface area contributed by atoms with E-state index in [1.165, 1.54) is 0 Å². The molecule has 4 nitrogen and oxygen atoms in total. The van der Waals surface area contributed by atoms with Crippen LogP contribution in [0.4, 0.5) is 5.69 Å². The zero-order chi connectivity index (χ0) is 13.0. The number of para-hydroxylation sites is 2. The topological polar surface area (TPSA) is 41.6 Å². The minimum Gasteiger partial charge on any atom is -0.495 e. The third-order valence-corrected chi connectivity index (χ3v) is 3.42. The largest absolute Gasteiger partial charge is 0.495 e. The number of ether oxygens (including phenoxy) is 1. The van der Waals surface area contributed by atoms with Crippen LogP contribution in [0.3, 0.4) is 0 Å². The lowest BCUT2D eigenvalue weighted by Crippen LogP contribution is -2.41. The maximum absolute atomic E-state index is 12.4. The molecule has 1 N–H and O–H groups in total. The van der Waals surface area contributed by atoms with Crippen LogP contribution < -0.4 is 15.0 Å². The SMILES string of the molecule is COc1ccccc1N(C)C(=O)[C@H]1CCCNC1. The van der Waals surface area contributed by atoms with Crippen molar-refractivity contribution in [2.75, 3.05) is 32.1 Å². The van der Waals surface area contributed by atoms with E-state index in [-0.39, 0.29) is 11.8 Å². The molecule has 1 atom stereocenters. The van der Waals surface area contributed by atoms with Crippen molar-refractivity contribution in [2.45, 2.75) is 12.8 Å². The Labute approximate surface area is 108 Å². The van der Waals surface area contributed by atoms with Crippen LogP contribution in [0.25, 0.3) is 0 Å². The zero-order valence-electron chi connectivity index (χ0n) is 11.0. The van der Waals surface area contributed by atoms with Crippen LogP contribution >= 0.6 is 0 Å². The average Bonchev–Trinajstić information content (AvgIpc) is 2.46. The number of amides is 1. The molecule has 1 aromatic carbocycles. The van der Waals surface area contributed by atoms with Gasteiger partial charge in [0.15, 0.2) is 0 Å². The van der Waals surface area contributed by atoms with Gasteiger partial charge in [-0.3, -0.25) is 4.79 Å². The molecule has 0 bridgehead atoms. The van der Waals surface area contributed by atoms with Crippen molar-refractivity contribution in [3.05, 3.63) is 24.3 Å². The number of rotatable bonds is 3. The Bertz CT molecular complexity index is 414. The van der Waals surface area contributed by atoms with Gasteiger partial charge in [-0.05, 0) is 31.5 Å². The molecule has 1 aromatic rings. The Morgan fingerprint density at radius 3 is 2.89 bits per heavy atom. The first-order chi connectivity index (χ1) is 8.74. The molecule has 98 valence electrons. The Morgan fingerprint density at radius 2 is 2.22 bits per heavy atom. The Balaban J connectivity index is 2.14. The molecule has 1 fully saturated rings. The highest BCUT2D eigenvalue weighted by atomic mass is 16.5. The average molecular weight is 248 g/mol. The summed E-state index contributed by atoms with van der Waals surface area (Å²) >= 11 is 0. The second kappa shape index (κ2) is 5.87. The standard InChI is InChI=1S/C14H20N2O2/c1-16(12-7-3-4-8-13(12)18-2)14(17)11-6-5-9-15-10-11/h3-4,7-8,11,15H,5-6,9-10H2,1-2H3/t11-/m0/s1. The number of hydrogen-bond donors (Lipinski definition) is 1. The number of piperidine rings is 1. The van der Waals surface area contributed by atoms with Crippen LogP contribution in [0.5, 0.6) is 5.75 Å². The van der Waals surface area contributed by atoms with Gasteiger partial charge in [0, 0.05) is 13.6 Å². The predicted molar refractivity (Wildman–Crippen MR) is 72.0 cm³/mol. The fourth-order valence-corrected chi connectivity index (χ4v) is 2.36. The number of hydrogen-bond acceptors (Lipinski definition) is 3. The molecular formula is C14H20N2O2. The molecule has 2 rings (SSSR count). The van der Waals surface area contributed by atoms with E-state index in [1.807, 2.05) is 31.3 Å². The van der Waals surface area contributed by atoms with E-state index in [0.717, 1.165) is 37.4 Å². The molecule has 0 aliphatic carbocycles. The Morgan fingerprint density at radius 1 is 1.44 bits per heavy atom. The van der Waals surface area contributed by atoms with Gasteiger partial charge in [-0.25, -0.2) is 0 Å². The van der Waals surface area contributed by atoms with E-state index in [4.69, 9.17) is 4.74 Å². The summed E-state index contributed by atoms with van der Waals surface area (Å²) in [6.45, 7) is 1.79. The number of carbonyl (C=O) groups is 1. The van der Waals surface area contributed by atoms with Crippen molar-refractivity contribution in [1.29, 1.82) is 0 Å². The second-order valence-corrected chi connectivity index (χ2v) is 4.61. The molecule has 1 saturated heterocycles. The number of methoxy groups -OCH3 is 1. The van der Waals surface area contributed by atoms with Gasteiger partial charge in [0.05, 0.1) is 18.7 Å². The van der Waals surface area contributed by atoms with E-state index in [9.17, 15) is 4.79 Å². The summed E-state index contributed by atoms with van der Waals surface area (Å²) in [5.41, 5.74) is 0.829. The zero-order valence-corrected chi connectivity index (χ0v) is 11.0. The molecule has 1 amide bonds. The summed E-state index contributed by atoms with van der Waals surface area (Å²) in [5, 5.41) is 3.27. The summed E-state index contributed by atoms with van der Waals surface area (Å²) in [6.07, 6.45) is 2.03. The van der Waals surface area contributed by atoms with Crippen LogP contribution in [-0.4, -0.2) is 33.2 Å². The van der Waals surface area contributed by atoms with Crippen molar-refractivity contribution in [3.8, 4) is 5.75 Å². The van der Waals surface area contributed by atoms with Gasteiger partial charge in [-0.15, -0.1) is 0 Å². The van der Waals surface area contributed by atoms with Crippen LogP contribution in [0.2, 0.25) is 0 Å². The lowest BCUT2D eigenvalue weighted by atomic mass is 9.98. The molecule has 0 unspecified atom stereocenters. The van der Waals surface area contributed by atoms with Gasteiger partial charge in [0.25, 0.3) is 0 Å². The van der Waals surface area contributed by atoms with Crippen molar-refractivity contribution in [3.63, 3.8) is 0 Å². The van der Waals surface area contributed by atoms with Crippen LogP contribution in [0.15, 0.2) is 24.3 Å². The normalized spacial score (nSPS) is 19.3. The maximum atomic E-state index is 12.4. The molecular weight excluding hydrogens is 228 g/mol. The molecule has 18 heavy (non-hydrogen) atoms. The minimum atomic E-state index is 0.0775. The minimum absolute atomic E-state index is 0.0775. The fourth-order valence-electron chi connectivity index (χ4n) is 2.36. The summed E-state index contributed by atoms with van der Waals surface area (Å²) in [4.78, 5) is 14.1. The number of benzene rings is 1. The van der Waals surface area contributed by atoms with Crippen molar-refractivity contribution in [2.24, 2.45) is 5.92 Å². The van der Waals surface area contributed by atoms with E-state index in [1.54, 1.807) is 12.0 Å². The van der Waals surface area contributed by atoms with E-state index < -0.39 is 0 Å². The first-order valence-corrected chi connectivity index (χ1v) is 6.35. The van der Waals surface area contributed by atoms with Gasteiger partial charge in [-0.1, -0.05) is 12.1 Å². The highest BCUT2D eigenvalue weighted by molar-refractivity contribution is 5.96. The number of anilines is 1. The van der Waals surface area contributed by atoms with Crippen molar-refractivity contribution < 1.29 is 9.53 Å². The van der Waals surface area contributed by atoms with Crippen molar-refractivity contribution in [1.82, 2.24) is 5.32 Å². The Hall–Kier alpha value is -1.55. The molecule has 0 radical (unpaired) electrons. The third-order valence-electron chi connectivity index (χ3n) is 3.42. The summed E-state index contributed by atoms with van der Waals surface area (Å²) < 4.78 is 5.29. The monoisotopic (exact) mass is 248 g/mol. The van der Waals surface area contributed by atoms with E-state index >= 15 is 0 Å². The van der Waals surface area contributed by atoms with Gasteiger partial charge in [0.1, 0.15) is 5.75 Å². The van der Waals surface area contributed by atoms with Crippen LogP contribution in [-0.2, 0) is 4.79 Å². The molecule has 1 aliphatic heterocycles. The molecule has 0 saturated carbocycles. The molecule has 1 heterocycles. The first kappa shape index (κ1) is 12.9. The molecule has 0 spiro atoms. The van der Waals surface area contributed by atoms with Crippen molar-refractivity contribution >= 4 is 11.6 Å². The summed E-state index contributed by atoms with van der Waals surface area (Å²) in [7, 11) is 3.44. The predicted octanol–water partition coefficient (Wildman–Crippen LogP) is 1.66. The Kier molecular flexibility index (Phi) is 4.20. The molecule has 1 aliphatic rings. The van der Waals surface area contributed by atoms with E-state index in [0.29, 0.717) is 0 Å². The highest BCUT2D eigenvalue weighted by Gasteiger charge is 2.25. The number of nitrogens with one attached hydrogen (secondary N) is 1. The summed E-state index contributed by atoms with van der Waals surface area (Å²) in [6, 6.07) is 7.61. The quantitative estimate of drug-likeness (QED) is 0.884. The fraction of sp³-hybridized carbons (Fsp3) is 0.500. The van der Waals surface area contributed by atoms with Crippen LogP contribution in [0.1, 0.15) is 12.8 Å². The molecule has 4 heteroatoms. The molecule has 0 aromatic heterocycles. The lowest BCUT2D eigenvalue weighted by Gasteiger charge is -2.27. The number of nitrogens with zero attached hydrogens (tertiary/aromatic N) is 1. The smallest absolute Gasteiger partial charge is 0.231 e. The van der Waals surface area contributed by atoms with Crippen LogP contribution in [0, 0.1) is 5.92 Å². The number of carbonyl (C=O) groups excluding carboxylic acids is 1. The van der Waals surface area contributed by atoms with Gasteiger partial charge < -0.3 is 15.0 Å². The van der Waals surface area contributed by atoms with Gasteiger partial charge in [-0.2, -0.15) is 0 Å². The second-order valence-electron chi connectivity index (χ2n) is 4.61. The summed E-state index contributed by atoms with van der Waals surface area (Å²) in [5.74, 6) is 0.970. The highest BCUT2D eigenvalue weighted by Crippen LogP contribution is 2.28. The van der Waals surface area contributed by atoms with Gasteiger partial charge in [0.2, 0.25) is 5.91 Å².